The van der Waals surface area contributed by atoms with E-state index >= 15 is 0 Å². The van der Waals surface area contributed by atoms with E-state index in [1.807, 2.05) is 0 Å². The summed E-state index contributed by atoms with van der Waals surface area (Å²) in [6, 6.07) is 1.52. The van der Waals surface area contributed by atoms with Crippen molar-refractivity contribution in [1.29, 1.82) is 0 Å². The van der Waals surface area contributed by atoms with Crippen LogP contribution >= 0.6 is 0 Å². The van der Waals surface area contributed by atoms with Crippen LogP contribution in [-0.2, 0) is 9.59 Å². The molecule has 1 aromatic rings. The highest BCUT2D eigenvalue weighted by atomic mass is 19.4. The lowest BCUT2D eigenvalue weighted by atomic mass is 9.95. The average Bonchev–Trinajstić information content (AvgIpc) is 2.64. The van der Waals surface area contributed by atoms with Gasteiger partial charge in [-0.05, 0) is 6.07 Å². The Labute approximate surface area is 168 Å². The highest BCUT2D eigenvalue weighted by Gasteiger charge is 2.58. The van der Waals surface area contributed by atoms with Crippen molar-refractivity contribution < 1.29 is 56.2 Å². The highest BCUT2D eigenvalue weighted by Crippen LogP contribution is 2.37. The number of amides is 1. The molecule has 0 fully saturated rings. The molecule has 1 aromatic carbocycles. The number of carboxylic acids is 2. The van der Waals surface area contributed by atoms with E-state index in [9.17, 15) is 46.5 Å². The van der Waals surface area contributed by atoms with E-state index in [-0.39, 0.29) is 0 Å². The van der Waals surface area contributed by atoms with Gasteiger partial charge in [0.2, 0.25) is 5.54 Å². The molecule has 0 aromatic heterocycles. The van der Waals surface area contributed by atoms with Crippen molar-refractivity contribution in [1.82, 2.24) is 5.32 Å². The number of ether oxygens (including phenoxy) is 1. The Hall–Kier alpha value is -3.96. The van der Waals surface area contributed by atoms with Gasteiger partial charge in [-0.15, -0.1) is 12.3 Å². The fourth-order valence-corrected chi connectivity index (χ4v) is 1.98. The minimum Gasteiger partial charge on any atom is -0.480 e. The summed E-state index contributed by atoms with van der Waals surface area (Å²) in [7, 11) is 0. The Kier molecular flexibility index (Phi) is 7.13. The minimum atomic E-state index is -6.03. The number of alkyl halides is 5. The Morgan fingerprint density at radius 2 is 1.71 bits per heavy atom. The Balaban J connectivity index is 3.33. The van der Waals surface area contributed by atoms with E-state index in [1.54, 1.807) is 11.2 Å². The molecule has 0 saturated heterocycles. The van der Waals surface area contributed by atoms with E-state index in [4.69, 9.17) is 16.6 Å². The maximum Gasteiger partial charge on any atom is 0.456 e. The lowest BCUT2D eigenvalue weighted by molar-refractivity contribution is -0.386. The largest absolute Gasteiger partial charge is 0.480 e. The number of rotatable bonds is 9. The Morgan fingerprint density at radius 1 is 1.16 bits per heavy atom. The van der Waals surface area contributed by atoms with E-state index in [0.29, 0.717) is 18.2 Å². The number of nitro benzene ring substituents is 1. The second-order valence-corrected chi connectivity index (χ2v) is 5.78. The van der Waals surface area contributed by atoms with Crippen LogP contribution < -0.4 is 10.1 Å². The molecule has 0 aliphatic rings. The second kappa shape index (κ2) is 8.81. The number of nitrogens with one attached hydrogen (secondary N) is 1. The summed E-state index contributed by atoms with van der Waals surface area (Å²) in [5.74, 6) is -10.5. The first-order chi connectivity index (χ1) is 14.1. The zero-order valence-electron chi connectivity index (χ0n) is 14.9. The Morgan fingerprint density at radius 3 is 2.13 bits per heavy atom. The van der Waals surface area contributed by atoms with Gasteiger partial charge in [0.05, 0.1) is 11.3 Å². The molecule has 0 radical (unpaired) electrons. The van der Waals surface area contributed by atoms with Crippen molar-refractivity contribution in [3.8, 4) is 18.1 Å². The average molecular weight is 454 g/mol. The molecular weight excluding hydrogens is 443 g/mol. The third kappa shape index (κ3) is 5.35. The quantitative estimate of drug-likeness (QED) is 0.168. The summed E-state index contributed by atoms with van der Waals surface area (Å²) in [4.78, 5) is 44.7. The fourth-order valence-electron chi connectivity index (χ4n) is 1.98. The summed E-state index contributed by atoms with van der Waals surface area (Å²) in [6.07, 6.45) is -2.15. The molecule has 168 valence electrons. The summed E-state index contributed by atoms with van der Waals surface area (Å²) in [6.45, 7) is -2.37. The molecule has 10 nitrogen and oxygen atoms in total. The van der Waals surface area contributed by atoms with Crippen molar-refractivity contribution in [3.63, 3.8) is 0 Å². The molecule has 3 N–H and O–H groups in total. The number of carboxylic acid groups (broad SMARTS) is 2. The van der Waals surface area contributed by atoms with Gasteiger partial charge in [0.15, 0.2) is 12.4 Å². The van der Waals surface area contributed by atoms with Gasteiger partial charge in [-0.3, -0.25) is 14.9 Å². The number of halogens is 5. The highest BCUT2D eigenvalue weighted by molar-refractivity contribution is 6.09. The van der Waals surface area contributed by atoms with Crippen LogP contribution in [0.4, 0.5) is 27.6 Å². The van der Waals surface area contributed by atoms with Gasteiger partial charge in [0.25, 0.3) is 5.91 Å². The summed E-state index contributed by atoms with van der Waals surface area (Å²) < 4.78 is 67.1. The van der Waals surface area contributed by atoms with Crippen LogP contribution in [-0.4, -0.2) is 57.2 Å². The van der Waals surface area contributed by atoms with Crippen molar-refractivity contribution >= 4 is 23.5 Å². The van der Waals surface area contributed by atoms with E-state index in [2.05, 4.69) is 4.74 Å². The van der Waals surface area contributed by atoms with Crippen LogP contribution in [0.25, 0.3) is 0 Å². The molecule has 0 aliphatic heterocycles. The molecule has 0 aliphatic carbocycles. The third-order valence-electron chi connectivity index (χ3n) is 3.67. The summed E-state index contributed by atoms with van der Waals surface area (Å²) in [5, 5.41) is 30.8. The zero-order valence-corrected chi connectivity index (χ0v) is 14.9. The molecule has 0 bridgehead atoms. The van der Waals surface area contributed by atoms with E-state index < -0.39 is 70.4 Å². The normalized spacial score (nSPS) is 11.9. The van der Waals surface area contributed by atoms with Gasteiger partial charge in [-0.2, -0.15) is 22.0 Å². The van der Waals surface area contributed by atoms with Gasteiger partial charge < -0.3 is 20.3 Å². The van der Waals surface area contributed by atoms with Gasteiger partial charge >= 0.3 is 29.7 Å². The number of aliphatic carboxylic acids is 2. The molecule has 1 rings (SSSR count). The van der Waals surface area contributed by atoms with Gasteiger partial charge in [-0.1, -0.05) is 0 Å². The number of benzene rings is 1. The van der Waals surface area contributed by atoms with E-state index in [1.165, 1.54) is 0 Å². The van der Waals surface area contributed by atoms with Crippen molar-refractivity contribution in [2.24, 2.45) is 0 Å². The van der Waals surface area contributed by atoms with Crippen molar-refractivity contribution in [2.75, 3.05) is 6.61 Å². The predicted molar refractivity (Wildman–Crippen MR) is 88.5 cm³/mol. The molecular formula is C16H11F5N2O8. The topological polar surface area (TPSA) is 156 Å². The van der Waals surface area contributed by atoms with Gasteiger partial charge in [0.1, 0.15) is 0 Å². The molecule has 0 saturated carbocycles. The van der Waals surface area contributed by atoms with Gasteiger partial charge in [0, 0.05) is 17.7 Å². The lowest BCUT2D eigenvalue weighted by Gasteiger charge is -2.24. The van der Waals surface area contributed by atoms with Gasteiger partial charge in [-0.25, -0.2) is 9.59 Å². The number of carbonyl (C=O) groups is 3. The fraction of sp³-hybridized carbons (Fsp3) is 0.312. The molecule has 0 unspecified atom stereocenters. The van der Waals surface area contributed by atoms with Crippen LogP contribution in [0.1, 0.15) is 16.8 Å². The first kappa shape index (κ1) is 25.1. The maximum atomic E-state index is 13.0. The molecule has 31 heavy (non-hydrogen) atoms. The minimum absolute atomic E-state index is 0.365. The molecule has 1 amide bonds. The van der Waals surface area contributed by atoms with Crippen LogP contribution in [0.15, 0.2) is 18.2 Å². The monoisotopic (exact) mass is 454 g/mol. The zero-order chi connectivity index (χ0) is 24.2. The van der Waals surface area contributed by atoms with Crippen LogP contribution in [0.3, 0.4) is 0 Å². The SMILES string of the molecule is C#CCC(NC(=O)c1ccc([N+](=O)[O-])c(OCC(F)(F)C(F)(F)F)c1)(C(=O)O)C(=O)O. The Bertz CT molecular complexity index is 940. The number of carbonyl (C=O) groups excluding carboxylic acids is 1. The van der Waals surface area contributed by atoms with Crippen LogP contribution in [0.2, 0.25) is 0 Å². The molecule has 15 heteroatoms. The third-order valence-corrected chi connectivity index (χ3v) is 3.67. The van der Waals surface area contributed by atoms with Crippen LogP contribution in [0.5, 0.6) is 5.75 Å². The number of hydrogen-bond donors (Lipinski definition) is 3. The predicted octanol–water partition coefficient (Wildman–Crippen LogP) is 1.83. The molecule has 0 spiro atoms. The number of nitrogens with zero attached hydrogens (tertiary/aromatic N) is 1. The summed E-state index contributed by atoms with van der Waals surface area (Å²) in [5.41, 5.74) is -4.86. The smallest absolute Gasteiger partial charge is 0.456 e. The lowest BCUT2D eigenvalue weighted by Crippen LogP contribution is -2.60. The standard InChI is InChI=1S/C16H11F5N2O8/c1-2-5-14(12(25)26,13(27)28)22-11(24)8-3-4-9(23(29)30)10(6-8)31-7-15(17,18)16(19,20)21/h1,3-4,6H,5,7H2,(H,22,24)(H,25,26)(H,27,28). The van der Waals surface area contributed by atoms with Crippen LogP contribution in [0, 0.1) is 22.5 Å². The molecule has 0 heterocycles. The summed E-state index contributed by atoms with van der Waals surface area (Å²) >= 11 is 0. The number of hydrogen-bond acceptors (Lipinski definition) is 6. The first-order valence-electron chi connectivity index (χ1n) is 7.67. The molecule has 0 atom stereocenters. The maximum absolute atomic E-state index is 13.0. The first-order valence-corrected chi connectivity index (χ1v) is 7.67. The number of nitro groups is 1. The van der Waals surface area contributed by atoms with Crippen molar-refractivity contribution in [3.05, 3.63) is 33.9 Å². The number of terminal acetylenes is 1. The second-order valence-electron chi connectivity index (χ2n) is 5.78. The van der Waals surface area contributed by atoms with Crippen molar-refractivity contribution in [2.45, 2.75) is 24.1 Å². The van der Waals surface area contributed by atoms with E-state index in [0.717, 1.165) is 0 Å².